The Labute approximate surface area is 90.3 Å². The van der Waals surface area contributed by atoms with Gasteiger partial charge in [0.25, 0.3) is 5.91 Å². The minimum atomic E-state index is -0.108. The first kappa shape index (κ1) is 11.8. The third-order valence-corrected chi connectivity index (χ3v) is 2.26. The Morgan fingerprint density at radius 2 is 2.20 bits per heavy atom. The average Bonchev–Trinajstić information content (AvgIpc) is 2.48. The van der Waals surface area contributed by atoms with Crippen LogP contribution in [0.25, 0.3) is 0 Å². The zero-order valence-corrected chi connectivity index (χ0v) is 9.38. The molecule has 84 valence electrons. The highest BCUT2D eigenvalue weighted by atomic mass is 16.2. The number of nitrogens with zero attached hydrogens (tertiary/aromatic N) is 1. The summed E-state index contributed by atoms with van der Waals surface area (Å²) >= 11 is 0. The number of carbonyl (C=O) groups is 2. The van der Waals surface area contributed by atoms with Gasteiger partial charge >= 0.3 is 0 Å². The molecular formula is C11H18N2O2. The normalized spacial score (nSPS) is 15.5. The number of hydrazine groups is 1. The maximum atomic E-state index is 11.4. The lowest BCUT2D eigenvalue weighted by Gasteiger charge is -2.17. The lowest BCUT2D eigenvalue weighted by molar-refractivity contribution is -0.136. The van der Waals surface area contributed by atoms with Gasteiger partial charge < -0.3 is 0 Å². The van der Waals surface area contributed by atoms with E-state index >= 15 is 0 Å². The Balaban J connectivity index is 2.41. The van der Waals surface area contributed by atoms with Crippen molar-refractivity contribution in [2.75, 3.05) is 6.54 Å². The molecule has 1 N–H and O–H groups in total. The van der Waals surface area contributed by atoms with Gasteiger partial charge in [0.1, 0.15) is 0 Å². The highest BCUT2D eigenvalue weighted by Gasteiger charge is 2.21. The number of carbonyl (C=O) groups excluding carboxylic acids is 2. The van der Waals surface area contributed by atoms with Gasteiger partial charge in [-0.15, -0.1) is 0 Å². The van der Waals surface area contributed by atoms with Crippen LogP contribution in [0.2, 0.25) is 0 Å². The Morgan fingerprint density at radius 3 is 2.80 bits per heavy atom. The van der Waals surface area contributed by atoms with E-state index in [-0.39, 0.29) is 11.8 Å². The molecule has 0 aromatic carbocycles. The van der Waals surface area contributed by atoms with Crippen molar-refractivity contribution in [1.29, 1.82) is 0 Å². The number of hydrogen-bond acceptors (Lipinski definition) is 2. The molecule has 0 radical (unpaired) electrons. The molecule has 0 aromatic heterocycles. The maximum absolute atomic E-state index is 11.4. The van der Waals surface area contributed by atoms with Gasteiger partial charge in [0, 0.05) is 12.5 Å². The van der Waals surface area contributed by atoms with Crippen molar-refractivity contribution in [3.63, 3.8) is 0 Å². The molecule has 0 aliphatic carbocycles. The Hall–Kier alpha value is -1.32. The molecule has 1 rings (SSSR count). The zero-order chi connectivity index (χ0) is 11.3. The zero-order valence-electron chi connectivity index (χ0n) is 9.38. The molecular weight excluding hydrogens is 192 g/mol. The molecule has 1 aliphatic rings. The summed E-state index contributed by atoms with van der Waals surface area (Å²) in [6.07, 6.45) is 4.83. The van der Waals surface area contributed by atoms with Gasteiger partial charge in [-0.25, -0.2) is 5.01 Å². The van der Waals surface area contributed by atoms with E-state index in [9.17, 15) is 9.59 Å². The van der Waals surface area contributed by atoms with Crippen molar-refractivity contribution in [2.24, 2.45) is 0 Å². The average molecular weight is 210 g/mol. The highest BCUT2D eigenvalue weighted by molar-refractivity contribution is 5.92. The van der Waals surface area contributed by atoms with Crippen LogP contribution in [0.4, 0.5) is 0 Å². The minimum absolute atomic E-state index is 0.0861. The second kappa shape index (κ2) is 5.53. The van der Waals surface area contributed by atoms with E-state index in [4.69, 9.17) is 0 Å². The van der Waals surface area contributed by atoms with Crippen LogP contribution in [0.15, 0.2) is 11.6 Å². The van der Waals surface area contributed by atoms with E-state index < -0.39 is 0 Å². The van der Waals surface area contributed by atoms with Gasteiger partial charge in [-0.05, 0) is 18.4 Å². The molecule has 0 bridgehead atoms. The summed E-state index contributed by atoms with van der Waals surface area (Å²) in [5.41, 5.74) is 3.71. The van der Waals surface area contributed by atoms with Crippen molar-refractivity contribution >= 4 is 11.8 Å². The fraction of sp³-hybridized carbons (Fsp3) is 0.636. The summed E-state index contributed by atoms with van der Waals surface area (Å²) in [6, 6.07) is 0. The largest absolute Gasteiger partial charge is 0.273 e. The third kappa shape index (κ3) is 3.38. The Morgan fingerprint density at radius 1 is 1.47 bits per heavy atom. The number of hydrogen-bond donors (Lipinski definition) is 1. The summed E-state index contributed by atoms with van der Waals surface area (Å²) in [5.74, 6) is -0.195. The third-order valence-electron chi connectivity index (χ3n) is 2.26. The molecule has 0 saturated carbocycles. The van der Waals surface area contributed by atoms with Gasteiger partial charge in [-0.1, -0.05) is 20.3 Å². The molecule has 1 aliphatic heterocycles. The lowest BCUT2D eigenvalue weighted by atomic mass is 10.2. The fourth-order valence-electron chi connectivity index (χ4n) is 1.58. The van der Waals surface area contributed by atoms with E-state index in [1.54, 1.807) is 6.08 Å². The van der Waals surface area contributed by atoms with E-state index in [0.29, 0.717) is 13.0 Å². The second-order valence-corrected chi connectivity index (χ2v) is 3.76. The molecule has 0 aromatic rings. The van der Waals surface area contributed by atoms with Gasteiger partial charge in [-0.3, -0.25) is 15.0 Å². The van der Waals surface area contributed by atoms with Gasteiger partial charge in [-0.2, -0.15) is 0 Å². The van der Waals surface area contributed by atoms with E-state index in [0.717, 1.165) is 24.8 Å². The molecule has 0 spiro atoms. The number of rotatable bonds is 5. The van der Waals surface area contributed by atoms with E-state index in [2.05, 4.69) is 12.3 Å². The minimum Gasteiger partial charge on any atom is -0.273 e. The quantitative estimate of drug-likeness (QED) is 0.745. The van der Waals surface area contributed by atoms with Gasteiger partial charge in [0.05, 0.1) is 6.54 Å². The molecule has 4 nitrogen and oxygen atoms in total. The molecule has 2 amide bonds. The molecule has 0 unspecified atom stereocenters. The van der Waals surface area contributed by atoms with Crippen molar-refractivity contribution in [2.45, 2.75) is 39.5 Å². The van der Waals surface area contributed by atoms with Crippen LogP contribution in [0.1, 0.15) is 39.5 Å². The summed E-state index contributed by atoms with van der Waals surface area (Å²) in [4.78, 5) is 22.7. The van der Waals surface area contributed by atoms with E-state index in [1.807, 2.05) is 6.92 Å². The second-order valence-electron chi connectivity index (χ2n) is 3.76. The van der Waals surface area contributed by atoms with Crippen LogP contribution < -0.4 is 5.43 Å². The first-order chi connectivity index (χ1) is 7.17. The van der Waals surface area contributed by atoms with Crippen LogP contribution in [0, 0.1) is 0 Å². The Kier molecular flexibility index (Phi) is 4.34. The van der Waals surface area contributed by atoms with Crippen molar-refractivity contribution in [3.8, 4) is 0 Å². The monoisotopic (exact) mass is 210 g/mol. The van der Waals surface area contributed by atoms with Crippen LogP contribution in [-0.4, -0.2) is 23.4 Å². The van der Waals surface area contributed by atoms with Gasteiger partial charge in [0.15, 0.2) is 0 Å². The maximum Gasteiger partial charge on any atom is 0.265 e. The van der Waals surface area contributed by atoms with Crippen LogP contribution in [0.3, 0.4) is 0 Å². The van der Waals surface area contributed by atoms with Crippen molar-refractivity contribution in [3.05, 3.63) is 11.6 Å². The summed E-state index contributed by atoms with van der Waals surface area (Å²) in [6.45, 7) is 4.55. The smallest absolute Gasteiger partial charge is 0.265 e. The molecule has 0 atom stereocenters. The van der Waals surface area contributed by atoms with Crippen LogP contribution in [0.5, 0.6) is 0 Å². The molecule has 0 fully saturated rings. The van der Waals surface area contributed by atoms with Crippen LogP contribution >= 0.6 is 0 Å². The summed E-state index contributed by atoms with van der Waals surface area (Å²) in [7, 11) is 0. The van der Waals surface area contributed by atoms with Gasteiger partial charge in [0.2, 0.25) is 5.91 Å². The first-order valence-electron chi connectivity index (χ1n) is 5.47. The predicted octanol–water partition coefficient (Wildman–Crippen LogP) is 1.39. The molecule has 15 heavy (non-hydrogen) atoms. The lowest BCUT2D eigenvalue weighted by Crippen LogP contribution is -2.43. The first-order valence-corrected chi connectivity index (χ1v) is 5.47. The van der Waals surface area contributed by atoms with Crippen LogP contribution in [-0.2, 0) is 9.59 Å². The Bertz CT molecular complexity index is 284. The summed E-state index contributed by atoms with van der Waals surface area (Å²) in [5, 5.41) is 1.39. The molecule has 0 saturated heterocycles. The molecule has 4 heteroatoms. The van der Waals surface area contributed by atoms with Crippen molar-refractivity contribution < 1.29 is 9.59 Å². The number of amides is 2. The summed E-state index contributed by atoms with van der Waals surface area (Å²) < 4.78 is 0. The highest BCUT2D eigenvalue weighted by Crippen LogP contribution is 2.13. The number of nitrogens with one attached hydrogen (secondary N) is 1. The predicted molar refractivity (Wildman–Crippen MR) is 57.8 cm³/mol. The SMILES string of the molecule is CCCC(=O)NN1CC(CCC)=CC1=O. The molecule has 1 heterocycles. The fourth-order valence-corrected chi connectivity index (χ4v) is 1.58. The topological polar surface area (TPSA) is 49.4 Å². The van der Waals surface area contributed by atoms with E-state index in [1.165, 1.54) is 5.01 Å². The standard InChI is InChI=1S/C11H18N2O2/c1-3-5-9-7-11(15)13(8-9)12-10(14)6-4-2/h7H,3-6,8H2,1-2H3,(H,12,14). The van der Waals surface area contributed by atoms with Crippen molar-refractivity contribution in [1.82, 2.24) is 10.4 Å².